The van der Waals surface area contributed by atoms with Crippen molar-refractivity contribution in [3.05, 3.63) is 30.3 Å². The first-order chi connectivity index (χ1) is 7.74. The van der Waals surface area contributed by atoms with Crippen molar-refractivity contribution < 1.29 is 4.74 Å². The Kier molecular flexibility index (Phi) is 5.94. The monoisotopic (exact) mass is 221 g/mol. The van der Waals surface area contributed by atoms with E-state index < -0.39 is 0 Å². The van der Waals surface area contributed by atoms with Gasteiger partial charge in [0.1, 0.15) is 12.4 Å². The van der Waals surface area contributed by atoms with Crippen LogP contribution in [0.5, 0.6) is 5.75 Å². The molecule has 0 aliphatic carbocycles. The minimum atomic E-state index is 0.465. The molecule has 0 aliphatic rings. The van der Waals surface area contributed by atoms with Crippen LogP contribution in [0.1, 0.15) is 26.7 Å². The Balaban J connectivity index is 2.26. The van der Waals surface area contributed by atoms with E-state index in [9.17, 15) is 0 Å². The molecule has 2 heteroatoms. The number of para-hydroxylation sites is 1. The number of ether oxygens (including phenoxy) is 1. The molecule has 1 aromatic carbocycles. The molecule has 0 saturated carbocycles. The normalized spacial score (nSPS) is 12.8. The van der Waals surface area contributed by atoms with E-state index in [0.717, 1.165) is 18.9 Å². The average Bonchev–Trinajstić information content (AvgIpc) is 2.34. The summed E-state index contributed by atoms with van der Waals surface area (Å²) in [6.07, 6.45) is 2.50. The molecule has 0 saturated heterocycles. The number of hydrogen-bond acceptors (Lipinski definition) is 2. The highest BCUT2D eigenvalue weighted by molar-refractivity contribution is 5.20. The van der Waals surface area contributed by atoms with Crippen molar-refractivity contribution in [1.29, 1.82) is 0 Å². The van der Waals surface area contributed by atoms with Crippen LogP contribution < -0.4 is 4.74 Å². The van der Waals surface area contributed by atoms with Gasteiger partial charge in [-0.15, -0.1) is 0 Å². The second-order valence-electron chi connectivity index (χ2n) is 4.31. The van der Waals surface area contributed by atoms with Crippen LogP contribution in [-0.4, -0.2) is 31.1 Å². The Morgan fingerprint density at radius 2 is 1.94 bits per heavy atom. The molecule has 0 fully saturated rings. The molecule has 0 unspecified atom stereocenters. The molecular weight excluding hydrogens is 198 g/mol. The van der Waals surface area contributed by atoms with Crippen LogP contribution in [0, 0.1) is 0 Å². The van der Waals surface area contributed by atoms with E-state index in [2.05, 4.69) is 25.8 Å². The summed E-state index contributed by atoms with van der Waals surface area (Å²) in [5, 5.41) is 0. The summed E-state index contributed by atoms with van der Waals surface area (Å²) >= 11 is 0. The Hall–Kier alpha value is -1.02. The molecule has 0 bridgehead atoms. The van der Waals surface area contributed by atoms with E-state index in [1.165, 1.54) is 12.8 Å². The van der Waals surface area contributed by atoms with Crippen LogP contribution >= 0.6 is 0 Å². The summed E-state index contributed by atoms with van der Waals surface area (Å²) in [7, 11) is 2.16. The molecule has 0 spiro atoms. The van der Waals surface area contributed by atoms with Gasteiger partial charge in [0.05, 0.1) is 0 Å². The standard InChI is InChI=1S/C14H23NO/c1-4-5-11-15(3)13(2)12-16-14-9-7-6-8-10-14/h6-10,13H,4-5,11-12H2,1-3H3/t13-/m0/s1. The highest BCUT2D eigenvalue weighted by Gasteiger charge is 2.08. The second kappa shape index (κ2) is 7.29. The maximum atomic E-state index is 5.73. The first-order valence-electron chi connectivity index (χ1n) is 6.12. The summed E-state index contributed by atoms with van der Waals surface area (Å²) < 4.78 is 5.73. The second-order valence-corrected chi connectivity index (χ2v) is 4.31. The first-order valence-corrected chi connectivity index (χ1v) is 6.12. The lowest BCUT2D eigenvalue weighted by Gasteiger charge is -2.24. The molecule has 16 heavy (non-hydrogen) atoms. The smallest absolute Gasteiger partial charge is 0.119 e. The zero-order valence-electron chi connectivity index (χ0n) is 10.6. The van der Waals surface area contributed by atoms with E-state index in [4.69, 9.17) is 4.74 Å². The van der Waals surface area contributed by atoms with Crippen molar-refractivity contribution in [2.24, 2.45) is 0 Å². The molecule has 0 radical (unpaired) electrons. The van der Waals surface area contributed by atoms with Crippen LogP contribution in [0.25, 0.3) is 0 Å². The maximum absolute atomic E-state index is 5.73. The van der Waals surface area contributed by atoms with E-state index in [0.29, 0.717) is 6.04 Å². The molecule has 0 amide bonds. The van der Waals surface area contributed by atoms with Gasteiger partial charge in [-0.05, 0) is 39.1 Å². The van der Waals surface area contributed by atoms with Gasteiger partial charge in [-0.25, -0.2) is 0 Å². The van der Waals surface area contributed by atoms with Crippen LogP contribution in [-0.2, 0) is 0 Å². The van der Waals surface area contributed by atoms with Gasteiger partial charge in [-0.1, -0.05) is 31.5 Å². The molecule has 2 nitrogen and oxygen atoms in total. The van der Waals surface area contributed by atoms with Gasteiger partial charge in [0.2, 0.25) is 0 Å². The summed E-state index contributed by atoms with van der Waals surface area (Å²) in [4.78, 5) is 2.35. The van der Waals surface area contributed by atoms with Crippen LogP contribution in [0.3, 0.4) is 0 Å². The van der Waals surface area contributed by atoms with Gasteiger partial charge in [0.25, 0.3) is 0 Å². The fourth-order valence-electron chi connectivity index (χ4n) is 1.49. The lowest BCUT2D eigenvalue weighted by atomic mass is 10.2. The Bertz CT molecular complexity index is 273. The molecule has 90 valence electrons. The van der Waals surface area contributed by atoms with Crippen molar-refractivity contribution in [2.75, 3.05) is 20.2 Å². The zero-order valence-corrected chi connectivity index (χ0v) is 10.6. The number of likely N-dealkylation sites (N-methyl/N-ethyl adjacent to an activating group) is 1. The largest absolute Gasteiger partial charge is 0.492 e. The van der Waals surface area contributed by atoms with Crippen molar-refractivity contribution in [3.8, 4) is 5.75 Å². The number of benzene rings is 1. The number of hydrogen-bond donors (Lipinski definition) is 0. The first kappa shape index (κ1) is 13.0. The molecule has 0 aliphatic heterocycles. The van der Waals surface area contributed by atoms with Gasteiger partial charge in [-0.2, -0.15) is 0 Å². The Morgan fingerprint density at radius 3 is 2.56 bits per heavy atom. The molecule has 1 aromatic rings. The van der Waals surface area contributed by atoms with Crippen molar-refractivity contribution in [1.82, 2.24) is 4.90 Å². The fourth-order valence-corrected chi connectivity index (χ4v) is 1.49. The number of unbranched alkanes of at least 4 members (excludes halogenated alkanes) is 1. The lowest BCUT2D eigenvalue weighted by Crippen LogP contribution is -2.34. The molecule has 1 rings (SSSR count). The van der Waals surface area contributed by atoms with Gasteiger partial charge >= 0.3 is 0 Å². The molecule has 0 aromatic heterocycles. The van der Waals surface area contributed by atoms with Crippen molar-refractivity contribution >= 4 is 0 Å². The van der Waals surface area contributed by atoms with Crippen molar-refractivity contribution in [2.45, 2.75) is 32.7 Å². The Morgan fingerprint density at radius 1 is 1.25 bits per heavy atom. The van der Waals surface area contributed by atoms with E-state index in [1.807, 2.05) is 30.3 Å². The quantitative estimate of drug-likeness (QED) is 0.701. The molecule has 0 N–H and O–H groups in total. The average molecular weight is 221 g/mol. The van der Waals surface area contributed by atoms with E-state index in [1.54, 1.807) is 0 Å². The van der Waals surface area contributed by atoms with Crippen LogP contribution in [0.4, 0.5) is 0 Å². The van der Waals surface area contributed by atoms with E-state index in [-0.39, 0.29) is 0 Å². The van der Waals surface area contributed by atoms with Gasteiger partial charge < -0.3 is 9.64 Å². The van der Waals surface area contributed by atoms with E-state index >= 15 is 0 Å². The third kappa shape index (κ3) is 4.67. The summed E-state index contributed by atoms with van der Waals surface area (Å²) in [5.74, 6) is 0.957. The number of rotatable bonds is 7. The maximum Gasteiger partial charge on any atom is 0.119 e. The minimum Gasteiger partial charge on any atom is -0.492 e. The van der Waals surface area contributed by atoms with Gasteiger partial charge in [0, 0.05) is 6.04 Å². The third-order valence-corrected chi connectivity index (χ3v) is 2.85. The zero-order chi connectivity index (χ0) is 11.8. The van der Waals surface area contributed by atoms with Crippen LogP contribution in [0.15, 0.2) is 30.3 Å². The van der Waals surface area contributed by atoms with Crippen LogP contribution in [0.2, 0.25) is 0 Å². The van der Waals surface area contributed by atoms with Gasteiger partial charge in [-0.3, -0.25) is 0 Å². The number of nitrogens with zero attached hydrogens (tertiary/aromatic N) is 1. The van der Waals surface area contributed by atoms with Gasteiger partial charge in [0.15, 0.2) is 0 Å². The Labute approximate surface area is 99.2 Å². The molecular formula is C14H23NO. The highest BCUT2D eigenvalue weighted by atomic mass is 16.5. The SMILES string of the molecule is CCCCN(C)[C@@H](C)COc1ccccc1. The third-order valence-electron chi connectivity index (χ3n) is 2.85. The summed E-state index contributed by atoms with van der Waals surface area (Å²) in [5.41, 5.74) is 0. The predicted octanol–water partition coefficient (Wildman–Crippen LogP) is 3.19. The lowest BCUT2D eigenvalue weighted by molar-refractivity contribution is 0.171. The summed E-state index contributed by atoms with van der Waals surface area (Å²) in [6, 6.07) is 10.5. The summed E-state index contributed by atoms with van der Waals surface area (Å²) in [6.45, 7) is 6.33. The minimum absolute atomic E-state index is 0.465. The topological polar surface area (TPSA) is 12.5 Å². The predicted molar refractivity (Wildman–Crippen MR) is 68.9 cm³/mol. The highest BCUT2D eigenvalue weighted by Crippen LogP contribution is 2.09. The molecule has 1 atom stereocenters. The fraction of sp³-hybridized carbons (Fsp3) is 0.571. The van der Waals surface area contributed by atoms with Crippen molar-refractivity contribution in [3.63, 3.8) is 0 Å². The molecule has 0 heterocycles.